The van der Waals surface area contributed by atoms with Gasteiger partial charge in [-0.1, -0.05) is 367 Å². The van der Waals surface area contributed by atoms with Gasteiger partial charge in [0, 0.05) is 0 Å². The summed E-state index contributed by atoms with van der Waals surface area (Å²) in [5.41, 5.74) is 0. The molecule has 426 valence electrons. The minimum atomic E-state index is -1.26. The first-order valence-corrected chi connectivity index (χ1v) is 32.9. The molecule has 0 saturated heterocycles. The Morgan fingerprint density at radius 3 is 0.676 bits per heavy atom. The lowest BCUT2D eigenvalue weighted by molar-refractivity contribution is -0.132. The van der Waals surface area contributed by atoms with E-state index in [-0.39, 0.29) is 0 Å². The fraction of sp³-hybridized carbons (Fsp3) is 0.985. The maximum atomic E-state index is 12.6. The van der Waals surface area contributed by atoms with Crippen LogP contribution in [0.2, 0.25) is 0 Å². The molecule has 71 heavy (non-hydrogen) atoms. The van der Waals surface area contributed by atoms with E-state index in [1.54, 1.807) is 0 Å². The lowest BCUT2D eigenvalue weighted by Crippen LogP contribution is -2.53. The summed E-state index contributed by atoms with van der Waals surface area (Å²) < 4.78 is 0. The van der Waals surface area contributed by atoms with Crippen LogP contribution in [-0.4, -0.2) is 57.3 Å². The van der Waals surface area contributed by atoms with Gasteiger partial charge in [0.2, 0.25) is 5.91 Å². The predicted molar refractivity (Wildman–Crippen MR) is 312 cm³/mol. The Hall–Kier alpha value is -0.690. The molecule has 6 nitrogen and oxygen atoms in total. The normalized spacial score (nSPS) is 13.5. The molecule has 0 saturated carbocycles. The second kappa shape index (κ2) is 60.2. The number of unbranched alkanes of at least 4 members (excludes halogenated alkanes) is 53. The smallest absolute Gasteiger partial charge is 0.249 e. The third kappa shape index (κ3) is 53.9. The fourth-order valence-electron chi connectivity index (χ4n) is 10.9. The summed E-state index contributed by atoms with van der Waals surface area (Å²) in [5.74, 6) is -0.574. The number of amides is 1. The van der Waals surface area contributed by atoms with Gasteiger partial charge in [0.05, 0.1) is 18.8 Å². The molecule has 0 radical (unpaired) electrons. The molecule has 0 aliphatic heterocycles. The van der Waals surface area contributed by atoms with E-state index in [9.17, 15) is 25.2 Å². The van der Waals surface area contributed by atoms with Crippen molar-refractivity contribution in [1.82, 2.24) is 5.32 Å². The van der Waals surface area contributed by atoms with E-state index in [0.29, 0.717) is 12.8 Å². The number of nitrogens with one attached hydrogen (secondary N) is 1. The molecule has 0 aliphatic rings. The molecule has 0 rings (SSSR count). The quantitative estimate of drug-likeness (QED) is 0.0390. The van der Waals surface area contributed by atoms with Crippen molar-refractivity contribution in [3.63, 3.8) is 0 Å². The molecular weight excluding hydrogens is 875 g/mol. The third-order valence-electron chi connectivity index (χ3n) is 16.1. The third-order valence-corrected chi connectivity index (χ3v) is 16.1. The lowest BCUT2D eigenvalue weighted by Gasteiger charge is -2.27. The number of hydrogen-bond donors (Lipinski definition) is 5. The second-order valence-electron chi connectivity index (χ2n) is 23.2. The lowest BCUT2D eigenvalue weighted by atomic mass is 9.99. The van der Waals surface area contributed by atoms with Crippen molar-refractivity contribution < 1.29 is 25.2 Å². The largest absolute Gasteiger partial charge is 0.394 e. The van der Waals surface area contributed by atoms with Crippen LogP contribution in [0.5, 0.6) is 0 Å². The molecule has 4 atom stereocenters. The zero-order valence-electron chi connectivity index (χ0n) is 48.5. The van der Waals surface area contributed by atoms with Crippen molar-refractivity contribution in [1.29, 1.82) is 0 Å². The monoisotopic (exact) mass is 1010 g/mol. The summed E-state index contributed by atoms with van der Waals surface area (Å²) in [6, 6.07) is -0.982. The fourth-order valence-corrected chi connectivity index (χ4v) is 10.9. The summed E-state index contributed by atoms with van der Waals surface area (Å²) in [4.78, 5) is 12.6. The van der Waals surface area contributed by atoms with Gasteiger partial charge in [0.25, 0.3) is 0 Å². The van der Waals surface area contributed by atoms with Crippen LogP contribution >= 0.6 is 0 Å². The second-order valence-corrected chi connectivity index (χ2v) is 23.2. The molecule has 0 spiro atoms. The van der Waals surface area contributed by atoms with Crippen LogP contribution in [0.25, 0.3) is 0 Å². The molecule has 0 aliphatic carbocycles. The number of hydrogen-bond acceptors (Lipinski definition) is 5. The standard InChI is InChI=1S/C65H131NO5/c1-3-5-7-9-11-13-15-17-19-21-23-25-27-28-29-30-31-32-33-34-35-37-38-40-42-44-46-48-50-52-54-56-58-62(68)64(70)61(60-67)66-65(71)63(69)59-57-55-53-51-49-47-45-43-41-39-36-26-24-22-20-18-16-14-12-10-8-6-4-2/h61-64,67-70H,3-60H2,1-2H3,(H,66,71). The highest BCUT2D eigenvalue weighted by atomic mass is 16.3. The van der Waals surface area contributed by atoms with E-state index in [1.807, 2.05) is 0 Å². The van der Waals surface area contributed by atoms with E-state index in [2.05, 4.69) is 19.2 Å². The van der Waals surface area contributed by atoms with Crippen LogP contribution in [0.3, 0.4) is 0 Å². The van der Waals surface area contributed by atoms with Crippen molar-refractivity contribution in [3.8, 4) is 0 Å². The zero-order valence-corrected chi connectivity index (χ0v) is 48.5. The average Bonchev–Trinajstić information content (AvgIpc) is 3.38. The number of carbonyl (C=O) groups is 1. The Balaban J connectivity index is 3.51. The summed E-state index contributed by atoms with van der Waals surface area (Å²) in [7, 11) is 0. The molecule has 6 heteroatoms. The van der Waals surface area contributed by atoms with E-state index < -0.39 is 36.9 Å². The number of aliphatic hydroxyl groups excluding tert-OH is 4. The first kappa shape index (κ1) is 70.3. The Labute approximate surface area is 445 Å². The molecule has 0 aromatic heterocycles. The zero-order chi connectivity index (χ0) is 51.6. The van der Waals surface area contributed by atoms with E-state index in [4.69, 9.17) is 0 Å². The van der Waals surface area contributed by atoms with Crippen molar-refractivity contribution in [2.24, 2.45) is 0 Å². The molecule has 5 N–H and O–H groups in total. The number of carbonyl (C=O) groups excluding carboxylic acids is 1. The molecular formula is C65H131NO5. The molecule has 0 heterocycles. The first-order valence-electron chi connectivity index (χ1n) is 32.9. The Bertz CT molecular complexity index is 995. The van der Waals surface area contributed by atoms with Crippen molar-refractivity contribution in [2.45, 2.75) is 404 Å². The minimum absolute atomic E-state index is 0.377. The van der Waals surface area contributed by atoms with Gasteiger partial charge in [-0.2, -0.15) is 0 Å². The van der Waals surface area contributed by atoms with Gasteiger partial charge in [0.1, 0.15) is 12.2 Å². The topological polar surface area (TPSA) is 110 Å². The number of rotatable bonds is 62. The van der Waals surface area contributed by atoms with E-state index in [1.165, 1.54) is 315 Å². The van der Waals surface area contributed by atoms with Crippen molar-refractivity contribution >= 4 is 5.91 Å². The van der Waals surface area contributed by atoms with Crippen molar-refractivity contribution in [3.05, 3.63) is 0 Å². The highest BCUT2D eigenvalue weighted by Gasteiger charge is 2.28. The van der Waals surface area contributed by atoms with Crippen LogP contribution in [-0.2, 0) is 4.79 Å². The van der Waals surface area contributed by atoms with Crippen LogP contribution in [0.1, 0.15) is 380 Å². The van der Waals surface area contributed by atoms with Crippen LogP contribution in [0.4, 0.5) is 0 Å². The number of aliphatic hydroxyl groups is 4. The molecule has 0 aromatic rings. The van der Waals surface area contributed by atoms with Gasteiger partial charge in [0.15, 0.2) is 0 Å². The van der Waals surface area contributed by atoms with Gasteiger partial charge in [-0.3, -0.25) is 4.79 Å². The van der Waals surface area contributed by atoms with Gasteiger partial charge in [-0.25, -0.2) is 0 Å². The van der Waals surface area contributed by atoms with Crippen molar-refractivity contribution in [2.75, 3.05) is 6.61 Å². The molecule has 4 unspecified atom stereocenters. The van der Waals surface area contributed by atoms with Crippen LogP contribution in [0, 0.1) is 0 Å². The van der Waals surface area contributed by atoms with Gasteiger partial charge >= 0.3 is 0 Å². The van der Waals surface area contributed by atoms with Crippen LogP contribution < -0.4 is 5.32 Å². The Morgan fingerprint density at radius 2 is 0.479 bits per heavy atom. The van der Waals surface area contributed by atoms with E-state index in [0.717, 1.165) is 38.5 Å². The van der Waals surface area contributed by atoms with E-state index >= 15 is 0 Å². The van der Waals surface area contributed by atoms with Gasteiger partial charge < -0.3 is 25.7 Å². The van der Waals surface area contributed by atoms with Gasteiger partial charge in [-0.05, 0) is 12.8 Å². The molecule has 0 aromatic carbocycles. The summed E-state index contributed by atoms with van der Waals surface area (Å²) >= 11 is 0. The first-order chi connectivity index (χ1) is 35.0. The molecule has 1 amide bonds. The highest BCUT2D eigenvalue weighted by Crippen LogP contribution is 2.20. The summed E-state index contributed by atoms with van der Waals surface area (Å²) in [6.45, 7) is 4.11. The maximum Gasteiger partial charge on any atom is 0.249 e. The Morgan fingerprint density at radius 1 is 0.296 bits per heavy atom. The average molecular weight is 1010 g/mol. The SMILES string of the molecule is CCCCCCCCCCCCCCCCCCCCCCCCCCCCCCCCCCC(O)C(O)C(CO)NC(=O)C(O)CCCCCCCCCCCCCCCCCCCCCCCCC. The minimum Gasteiger partial charge on any atom is -0.394 e. The Kier molecular flexibility index (Phi) is 59.6. The van der Waals surface area contributed by atoms with Gasteiger partial charge in [-0.15, -0.1) is 0 Å². The highest BCUT2D eigenvalue weighted by molar-refractivity contribution is 5.80. The maximum absolute atomic E-state index is 12.6. The molecule has 0 bridgehead atoms. The summed E-state index contributed by atoms with van der Waals surface area (Å²) in [5, 5.41) is 44.2. The summed E-state index contributed by atoms with van der Waals surface area (Å²) in [6.07, 6.45) is 72.1. The predicted octanol–water partition coefficient (Wildman–Crippen LogP) is 19.8. The van der Waals surface area contributed by atoms with Crippen LogP contribution in [0.15, 0.2) is 0 Å². The molecule has 0 fully saturated rings.